The van der Waals surface area contributed by atoms with E-state index in [9.17, 15) is 9.59 Å². The summed E-state index contributed by atoms with van der Waals surface area (Å²) in [6.07, 6.45) is 0. The monoisotopic (exact) mass is 320 g/mol. The van der Waals surface area contributed by atoms with Crippen LogP contribution in [0.1, 0.15) is 20.7 Å². The van der Waals surface area contributed by atoms with Crippen molar-refractivity contribution >= 4 is 40.7 Å². The quantitative estimate of drug-likeness (QED) is 0.878. The zero-order valence-electron chi connectivity index (χ0n) is 10.8. The Morgan fingerprint density at radius 3 is 1.95 bits per heavy atom. The summed E-state index contributed by atoms with van der Waals surface area (Å²) >= 11 is 11.8. The smallest absolute Gasteiger partial charge is 0.263 e. The van der Waals surface area contributed by atoms with Crippen molar-refractivity contribution in [1.82, 2.24) is 4.90 Å². The van der Waals surface area contributed by atoms with E-state index in [-0.39, 0.29) is 39.7 Å². The molecular weight excluding hydrogens is 311 g/mol. The van der Waals surface area contributed by atoms with Gasteiger partial charge in [-0.05, 0) is 24.3 Å². The predicted molar refractivity (Wildman–Crippen MR) is 81.9 cm³/mol. The molecule has 0 atom stereocenters. The minimum atomic E-state index is -0.378. The van der Waals surface area contributed by atoms with E-state index in [1.165, 1.54) is 12.1 Å². The molecule has 21 heavy (non-hydrogen) atoms. The van der Waals surface area contributed by atoms with Gasteiger partial charge in [-0.3, -0.25) is 14.5 Å². The number of carbonyl (C=O) groups excluding carboxylic acids is 2. The second-order valence-electron chi connectivity index (χ2n) is 4.55. The van der Waals surface area contributed by atoms with E-state index in [2.05, 4.69) is 5.32 Å². The summed E-state index contributed by atoms with van der Waals surface area (Å²) in [5.41, 5.74) is 1.39. The third kappa shape index (κ3) is 2.48. The molecule has 6 heteroatoms. The second-order valence-corrected chi connectivity index (χ2v) is 5.37. The summed E-state index contributed by atoms with van der Waals surface area (Å²) in [6, 6.07) is 12.2. The van der Waals surface area contributed by atoms with Gasteiger partial charge >= 0.3 is 0 Å². The molecule has 1 N–H and O–H groups in total. The molecule has 2 aromatic rings. The first-order chi connectivity index (χ1) is 10.1. The van der Waals surface area contributed by atoms with E-state index < -0.39 is 0 Å². The molecule has 1 aliphatic rings. The van der Waals surface area contributed by atoms with Crippen molar-refractivity contribution in [1.29, 1.82) is 0 Å². The Morgan fingerprint density at radius 2 is 1.43 bits per heavy atom. The lowest BCUT2D eigenvalue weighted by molar-refractivity contribution is 0.0666. The molecule has 0 saturated carbocycles. The van der Waals surface area contributed by atoms with Gasteiger partial charge in [-0.1, -0.05) is 41.4 Å². The van der Waals surface area contributed by atoms with Gasteiger partial charge in [0, 0.05) is 5.69 Å². The Labute approximate surface area is 131 Å². The summed E-state index contributed by atoms with van der Waals surface area (Å²) in [5.74, 6) is -0.756. The number of fused-ring (bicyclic) bond motifs is 1. The van der Waals surface area contributed by atoms with Gasteiger partial charge in [0.15, 0.2) is 0 Å². The summed E-state index contributed by atoms with van der Waals surface area (Å²) in [6.45, 7) is 0.0889. The first-order valence-electron chi connectivity index (χ1n) is 6.22. The number of carbonyl (C=O) groups is 2. The van der Waals surface area contributed by atoms with E-state index in [0.717, 1.165) is 10.6 Å². The Kier molecular flexibility index (Phi) is 3.57. The SMILES string of the molecule is O=C1c2cc(Cl)c(Cl)cc2C(=O)N1CNc1ccccc1. The highest BCUT2D eigenvalue weighted by Gasteiger charge is 2.36. The molecule has 0 radical (unpaired) electrons. The highest BCUT2D eigenvalue weighted by atomic mass is 35.5. The minimum Gasteiger partial charge on any atom is -0.367 e. The molecular formula is C15H10Cl2N2O2. The van der Waals surface area contributed by atoms with Crippen LogP contribution < -0.4 is 5.32 Å². The number of amides is 2. The van der Waals surface area contributed by atoms with E-state index in [0.29, 0.717) is 0 Å². The molecule has 0 saturated heterocycles. The van der Waals surface area contributed by atoms with Crippen LogP contribution in [-0.2, 0) is 0 Å². The number of halogens is 2. The fourth-order valence-corrected chi connectivity index (χ4v) is 2.48. The second kappa shape index (κ2) is 5.39. The maximum absolute atomic E-state index is 12.3. The van der Waals surface area contributed by atoms with Crippen molar-refractivity contribution in [2.24, 2.45) is 0 Å². The van der Waals surface area contributed by atoms with Gasteiger partial charge in [-0.25, -0.2) is 0 Å². The van der Waals surface area contributed by atoms with Gasteiger partial charge < -0.3 is 5.32 Å². The standard InChI is InChI=1S/C15H10Cl2N2O2/c16-12-6-10-11(7-13(12)17)15(21)19(14(10)20)8-18-9-4-2-1-3-5-9/h1-7,18H,8H2. The first-order valence-corrected chi connectivity index (χ1v) is 6.97. The van der Waals surface area contributed by atoms with Crippen LogP contribution in [0.5, 0.6) is 0 Å². The fourth-order valence-electron chi connectivity index (χ4n) is 2.15. The number of hydrogen-bond acceptors (Lipinski definition) is 3. The zero-order valence-corrected chi connectivity index (χ0v) is 12.3. The third-order valence-electron chi connectivity index (χ3n) is 3.23. The number of imide groups is 1. The lowest BCUT2D eigenvalue weighted by atomic mass is 10.1. The third-order valence-corrected chi connectivity index (χ3v) is 3.95. The Bertz CT molecular complexity index is 691. The van der Waals surface area contributed by atoms with Crippen molar-refractivity contribution < 1.29 is 9.59 Å². The summed E-state index contributed by atoms with van der Waals surface area (Å²) in [4.78, 5) is 25.6. The molecule has 0 unspecified atom stereocenters. The van der Waals surface area contributed by atoms with Crippen molar-refractivity contribution in [3.63, 3.8) is 0 Å². The number of benzene rings is 2. The Hall–Kier alpha value is -2.04. The molecule has 2 amide bonds. The van der Waals surface area contributed by atoms with Crippen LogP contribution in [0.15, 0.2) is 42.5 Å². The molecule has 4 nitrogen and oxygen atoms in total. The molecule has 3 rings (SSSR count). The van der Waals surface area contributed by atoms with Gasteiger partial charge in [0.25, 0.3) is 11.8 Å². The van der Waals surface area contributed by atoms with E-state index in [1.54, 1.807) is 0 Å². The lowest BCUT2D eigenvalue weighted by Gasteiger charge is -2.15. The molecule has 2 aromatic carbocycles. The zero-order chi connectivity index (χ0) is 15.0. The van der Waals surface area contributed by atoms with Crippen molar-refractivity contribution in [2.75, 3.05) is 12.0 Å². The number of rotatable bonds is 3. The van der Waals surface area contributed by atoms with E-state index in [4.69, 9.17) is 23.2 Å². The maximum atomic E-state index is 12.3. The van der Waals surface area contributed by atoms with E-state index >= 15 is 0 Å². The van der Waals surface area contributed by atoms with Gasteiger partial charge in [-0.15, -0.1) is 0 Å². The number of nitrogens with one attached hydrogen (secondary N) is 1. The first kappa shape index (κ1) is 13.9. The molecule has 0 spiro atoms. The topological polar surface area (TPSA) is 49.4 Å². The molecule has 1 aliphatic heterocycles. The van der Waals surface area contributed by atoms with Crippen LogP contribution in [0, 0.1) is 0 Å². The predicted octanol–water partition coefficient (Wildman–Crippen LogP) is 3.66. The molecule has 1 heterocycles. The van der Waals surface area contributed by atoms with Crippen LogP contribution >= 0.6 is 23.2 Å². The highest BCUT2D eigenvalue weighted by Crippen LogP contribution is 2.31. The van der Waals surface area contributed by atoms with Crippen molar-refractivity contribution in [2.45, 2.75) is 0 Å². The number of para-hydroxylation sites is 1. The largest absolute Gasteiger partial charge is 0.367 e. The van der Waals surface area contributed by atoms with E-state index in [1.807, 2.05) is 30.3 Å². The molecule has 0 aromatic heterocycles. The maximum Gasteiger partial charge on any atom is 0.263 e. The van der Waals surface area contributed by atoms with Crippen LogP contribution in [0.3, 0.4) is 0 Å². The van der Waals surface area contributed by atoms with Crippen LogP contribution in [0.4, 0.5) is 5.69 Å². The van der Waals surface area contributed by atoms with Crippen molar-refractivity contribution in [3.8, 4) is 0 Å². The normalized spacial score (nSPS) is 13.5. The Balaban J connectivity index is 1.83. The fraction of sp³-hybridized carbons (Fsp3) is 0.0667. The van der Waals surface area contributed by atoms with Gasteiger partial charge in [-0.2, -0.15) is 0 Å². The molecule has 0 aliphatic carbocycles. The summed E-state index contributed by atoms with van der Waals surface area (Å²) in [5, 5.41) is 3.55. The average Bonchev–Trinajstić information content (AvgIpc) is 2.71. The average molecular weight is 321 g/mol. The summed E-state index contributed by atoms with van der Waals surface area (Å²) in [7, 11) is 0. The molecule has 0 bridgehead atoms. The number of hydrogen-bond donors (Lipinski definition) is 1. The van der Waals surface area contributed by atoms with Crippen LogP contribution in [0.2, 0.25) is 10.0 Å². The minimum absolute atomic E-state index is 0.0889. The van der Waals surface area contributed by atoms with Gasteiger partial charge in [0.2, 0.25) is 0 Å². The molecule has 0 fully saturated rings. The van der Waals surface area contributed by atoms with Gasteiger partial charge in [0.05, 0.1) is 27.8 Å². The van der Waals surface area contributed by atoms with Crippen molar-refractivity contribution in [3.05, 3.63) is 63.6 Å². The number of anilines is 1. The lowest BCUT2D eigenvalue weighted by Crippen LogP contribution is -2.34. The highest BCUT2D eigenvalue weighted by molar-refractivity contribution is 6.43. The molecule has 106 valence electrons. The van der Waals surface area contributed by atoms with Gasteiger partial charge in [0.1, 0.15) is 0 Å². The number of nitrogens with zero attached hydrogens (tertiary/aromatic N) is 1. The van der Waals surface area contributed by atoms with Crippen LogP contribution in [0.25, 0.3) is 0 Å². The van der Waals surface area contributed by atoms with Crippen LogP contribution in [-0.4, -0.2) is 23.4 Å². The summed E-state index contributed by atoms with van der Waals surface area (Å²) < 4.78 is 0. The Morgan fingerprint density at radius 1 is 0.905 bits per heavy atom.